The lowest BCUT2D eigenvalue weighted by Gasteiger charge is -2.03. The highest BCUT2D eigenvalue weighted by atomic mass is 35.5. The SMILES string of the molecule is CCc1ccc(Cc2nc(Cl)nc3[nH]ncc23)nc1. The van der Waals surface area contributed by atoms with E-state index in [-0.39, 0.29) is 5.28 Å². The normalized spacial score (nSPS) is 11.1. The van der Waals surface area contributed by atoms with Gasteiger partial charge in [-0.15, -0.1) is 0 Å². The Morgan fingerprint density at radius 3 is 2.84 bits per heavy atom. The molecule has 3 aromatic heterocycles. The predicted molar refractivity (Wildman–Crippen MR) is 73.1 cm³/mol. The highest BCUT2D eigenvalue weighted by Gasteiger charge is 2.09. The molecular formula is C13H12ClN5. The van der Waals surface area contributed by atoms with Gasteiger partial charge in [0.1, 0.15) is 0 Å². The van der Waals surface area contributed by atoms with E-state index in [1.807, 2.05) is 12.3 Å². The lowest BCUT2D eigenvalue weighted by molar-refractivity contribution is 0.990. The summed E-state index contributed by atoms with van der Waals surface area (Å²) in [5.74, 6) is 0. The van der Waals surface area contributed by atoms with Crippen molar-refractivity contribution in [3.63, 3.8) is 0 Å². The summed E-state index contributed by atoms with van der Waals surface area (Å²) in [7, 11) is 0. The molecule has 0 bridgehead atoms. The molecule has 0 amide bonds. The van der Waals surface area contributed by atoms with Gasteiger partial charge in [-0.05, 0) is 29.7 Å². The van der Waals surface area contributed by atoms with Gasteiger partial charge in [0, 0.05) is 18.3 Å². The molecule has 0 radical (unpaired) electrons. The second-order valence-electron chi connectivity index (χ2n) is 4.26. The maximum atomic E-state index is 5.90. The molecule has 1 N–H and O–H groups in total. The van der Waals surface area contributed by atoms with Crippen molar-refractivity contribution in [3.05, 3.63) is 46.8 Å². The number of aryl methyl sites for hydroxylation is 1. The van der Waals surface area contributed by atoms with Gasteiger partial charge in [0.15, 0.2) is 5.65 Å². The zero-order valence-electron chi connectivity index (χ0n) is 10.4. The van der Waals surface area contributed by atoms with Crippen LogP contribution in [-0.4, -0.2) is 25.1 Å². The van der Waals surface area contributed by atoms with E-state index in [2.05, 4.69) is 38.1 Å². The highest BCUT2D eigenvalue weighted by molar-refractivity contribution is 6.28. The number of aromatic amines is 1. The van der Waals surface area contributed by atoms with E-state index >= 15 is 0 Å². The first-order valence-corrected chi connectivity index (χ1v) is 6.43. The first-order valence-electron chi connectivity index (χ1n) is 6.05. The predicted octanol–water partition coefficient (Wildman–Crippen LogP) is 2.55. The number of pyridine rings is 1. The first-order chi connectivity index (χ1) is 9.26. The fourth-order valence-corrected chi connectivity index (χ4v) is 2.13. The summed E-state index contributed by atoms with van der Waals surface area (Å²) in [6.45, 7) is 2.11. The average Bonchev–Trinajstić information content (AvgIpc) is 2.88. The van der Waals surface area contributed by atoms with Crippen molar-refractivity contribution in [1.82, 2.24) is 25.1 Å². The summed E-state index contributed by atoms with van der Waals surface area (Å²) in [5, 5.41) is 7.86. The van der Waals surface area contributed by atoms with Crippen LogP contribution in [0.5, 0.6) is 0 Å². The lowest BCUT2D eigenvalue weighted by Crippen LogP contribution is -1.98. The van der Waals surface area contributed by atoms with Gasteiger partial charge in [0.05, 0.1) is 17.3 Å². The third-order valence-corrected chi connectivity index (χ3v) is 3.17. The fourth-order valence-electron chi connectivity index (χ4n) is 1.94. The standard InChI is InChI=1S/C13H12ClN5/c1-2-8-3-4-9(15-6-8)5-11-10-7-16-19-12(10)18-13(14)17-11/h3-4,6-7H,2,5H2,1H3,(H,16,17,18,19). The fraction of sp³-hybridized carbons (Fsp3) is 0.231. The van der Waals surface area contributed by atoms with Gasteiger partial charge >= 0.3 is 0 Å². The van der Waals surface area contributed by atoms with Crippen LogP contribution in [0.2, 0.25) is 5.28 Å². The quantitative estimate of drug-likeness (QED) is 0.745. The Bertz CT molecular complexity index is 705. The van der Waals surface area contributed by atoms with Crippen molar-refractivity contribution in [3.8, 4) is 0 Å². The molecule has 3 heterocycles. The Morgan fingerprint density at radius 2 is 2.11 bits per heavy atom. The zero-order chi connectivity index (χ0) is 13.2. The Kier molecular flexibility index (Phi) is 3.13. The minimum atomic E-state index is 0.219. The Morgan fingerprint density at radius 1 is 1.21 bits per heavy atom. The third-order valence-electron chi connectivity index (χ3n) is 3.00. The summed E-state index contributed by atoms with van der Waals surface area (Å²) in [4.78, 5) is 12.8. The number of fused-ring (bicyclic) bond motifs is 1. The van der Waals surface area contributed by atoms with Gasteiger partial charge in [-0.3, -0.25) is 10.1 Å². The zero-order valence-corrected chi connectivity index (χ0v) is 11.1. The van der Waals surface area contributed by atoms with E-state index in [4.69, 9.17) is 11.6 Å². The number of hydrogen-bond donors (Lipinski definition) is 1. The van der Waals surface area contributed by atoms with E-state index in [0.717, 1.165) is 23.2 Å². The van der Waals surface area contributed by atoms with Gasteiger partial charge in [-0.2, -0.15) is 10.1 Å². The molecule has 6 heteroatoms. The summed E-state index contributed by atoms with van der Waals surface area (Å²) in [6, 6.07) is 4.10. The van der Waals surface area contributed by atoms with Crippen molar-refractivity contribution in [2.75, 3.05) is 0 Å². The molecular weight excluding hydrogens is 262 g/mol. The minimum Gasteiger partial charge on any atom is -0.261 e. The van der Waals surface area contributed by atoms with Crippen LogP contribution in [0.4, 0.5) is 0 Å². The van der Waals surface area contributed by atoms with Crippen molar-refractivity contribution < 1.29 is 0 Å². The van der Waals surface area contributed by atoms with Crippen LogP contribution < -0.4 is 0 Å². The lowest BCUT2D eigenvalue weighted by atomic mass is 10.1. The monoisotopic (exact) mass is 273 g/mol. The maximum absolute atomic E-state index is 5.90. The van der Waals surface area contributed by atoms with Crippen LogP contribution in [0.1, 0.15) is 23.9 Å². The molecule has 19 heavy (non-hydrogen) atoms. The highest BCUT2D eigenvalue weighted by Crippen LogP contribution is 2.18. The topological polar surface area (TPSA) is 67.3 Å². The Labute approximate surface area is 115 Å². The summed E-state index contributed by atoms with van der Waals surface area (Å²) >= 11 is 5.90. The third kappa shape index (κ3) is 2.42. The number of hydrogen-bond acceptors (Lipinski definition) is 4. The number of halogens is 1. The van der Waals surface area contributed by atoms with E-state index < -0.39 is 0 Å². The maximum Gasteiger partial charge on any atom is 0.224 e. The first kappa shape index (κ1) is 12.0. The molecule has 3 rings (SSSR count). The van der Waals surface area contributed by atoms with Crippen LogP contribution >= 0.6 is 11.6 Å². The van der Waals surface area contributed by atoms with E-state index in [9.17, 15) is 0 Å². The Hall–Kier alpha value is -2.01. The molecule has 0 atom stereocenters. The van der Waals surface area contributed by atoms with Crippen LogP contribution in [0, 0.1) is 0 Å². The van der Waals surface area contributed by atoms with E-state index in [1.165, 1.54) is 5.56 Å². The molecule has 0 saturated heterocycles. The van der Waals surface area contributed by atoms with Crippen LogP contribution in [-0.2, 0) is 12.8 Å². The number of nitrogens with zero attached hydrogens (tertiary/aromatic N) is 4. The van der Waals surface area contributed by atoms with Crippen molar-refractivity contribution in [2.24, 2.45) is 0 Å². The van der Waals surface area contributed by atoms with Crippen LogP contribution in [0.25, 0.3) is 11.0 Å². The minimum absolute atomic E-state index is 0.219. The second-order valence-corrected chi connectivity index (χ2v) is 4.60. The molecule has 3 aromatic rings. The molecule has 96 valence electrons. The summed E-state index contributed by atoms with van der Waals surface area (Å²) in [6.07, 6.45) is 5.20. The largest absolute Gasteiger partial charge is 0.261 e. The van der Waals surface area contributed by atoms with Crippen molar-refractivity contribution in [1.29, 1.82) is 0 Å². The molecule has 0 aliphatic carbocycles. The van der Waals surface area contributed by atoms with Gasteiger partial charge in [-0.25, -0.2) is 4.98 Å². The number of aromatic nitrogens is 5. The summed E-state index contributed by atoms with van der Waals surface area (Å²) < 4.78 is 0. The van der Waals surface area contributed by atoms with Gasteiger partial charge in [0.2, 0.25) is 5.28 Å². The van der Waals surface area contributed by atoms with Gasteiger partial charge in [0.25, 0.3) is 0 Å². The number of nitrogens with one attached hydrogen (secondary N) is 1. The van der Waals surface area contributed by atoms with Gasteiger partial charge in [-0.1, -0.05) is 13.0 Å². The molecule has 0 unspecified atom stereocenters. The molecule has 0 aliphatic rings. The molecule has 0 aliphatic heterocycles. The van der Waals surface area contributed by atoms with Crippen molar-refractivity contribution >= 4 is 22.6 Å². The van der Waals surface area contributed by atoms with Crippen molar-refractivity contribution in [2.45, 2.75) is 19.8 Å². The molecule has 0 spiro atoms. The average molecular weight is 274 g/mol. The van der Waals surface area contributed by atoms with E-state index in [0.29, 0.717) is 12.1 Å². The smallest absolute Gasteiger partial charge is 0.224 e. The number of H-pyrrole nitrogens is 1. The van der Waals surface area contributed by atoms with Crippen LogP contribution in [0.3, 0.4) is 0 Å². The molecule has 0 saturated carbocycles. The summed E-state index contributed by atoms with van der Waals surface area (Å²) in [5.41, 5.74) is 3.66. The Balaban J connectivity index is 1.97. The molecule has 5 nitrogen and oxygen atoms in total. The second kappa shape index (κ2) is 4.93. The molecule has 0 fully saturated rings. The number of rotatable bonds is 3. The van der Waals surface area contributed by atoms with Crippen LogP contribution in [0.15, 0.2) is 24.5 Å². The van der Waals surface area contributed by atoms with E-state index in [1.54, 1.807) is 6.20 Å². The van der Waals surface area contributed by atoms with Gasteiger partial charge < -0.3 is 0 Å². The molecule has 0 aromatic carbocycles.